The van der Waals surface area contributed by atoms with Crippen molar-refractivity contribution in [2.75, 3.05) is 26.7 Å². The number of carbonyl (C=O) groups excluding carboxylic acids is 1. The summed E-state index contributed by atoms with van der Waals surface area (Å²) in [6.07, 6.45) is 4.42. The molecule has 0 aromatic heterocycles. The minimum Gasteiger partial charge on any atom is -0.497 e. The molecule has 0 radical (unpaired) electrons. The van der Waals surface area contributed by atoms with Crippen LogP contribution in [0.5, 0.6) is 5.75 Å². The fourth-order valence-electron chi connectivity index (χ4n) is 3.68. The second kappa shape index (κ2) is 10.1. The Balaban J connectivity index is 1.62. The smallest absolute Gasteiger partial charge is 0.251 e. The molecule has 1 aliphatic rings. The molecule has 1 amide bonds. The highest BCUT2D eigenvalue weighted by atomic mass is 32.2. The van der Waals surface area contributed by atoms with Crippen molar-refractivity contribution in [1.29, 1.82) is 0 Å². The van der Waals surface area contributed by atoms with Crippen LogP contribution >= 0.6 is 0 Å². The van der Waals surface area contributed by atoms with E-state index < -0.39 is 10.0 Å². The van der Waals surface area contributed by atoms with E-state index in [1.807, 2.05) is 31.2 Å². The third kappa shape index (κ3) is 5.40. The highest BCUT2D eigenvalue weighted by Crippen LogP contribution is 2.23. The zero-order valence-corrected chi connectivity index (χ0v) is 18.5. The molecule has 0 spiro atoms. The molecule has 2 aromatic rings. The molecule has 1 heterocycles. The highest BCUT2D eigenvalue weighted by molar-refractivity contribution is 7.89. The number of rotatable bonds is 8. The van der Waals surface area contributed by atoms with Gasteiger partial charge in [-0.15, -0.1) is 0 Å². The summed E-state index contributed by atoms with van der Waals surface area (Å²) in [5.41, 5.74) is 2.32. The second-order valence-electron chi connectivity index (χ2n) is 7.65. The van der Waals surface area contributed by atoms with E-state index in [1.165, 1.54) is 10.4 Å². The molecule has 30 heavy (non-hydrogen) atoms. The Labute approximate surface area is 179 Å². The van der Waals surface area contributed by atoms with Crippen LogP contribution in [0.25, 0.3) is 0 Å². The lowest BCUT2D eigenvalue weighted by molar-refractivity contribution is 0.0952. The van der Waals surface area contributed by atoms with Crippen LogP contribution in [0.4, 0.5) is 0 Å². The van der Waals surface area contributed by atoms with Gasteiger partial charge in [-0.1, -0.05) is 24.6 Å². The van der Waals surface area contributed by atoms with Crippen molar-refractivity contribution in [1.82, 2.24) is 9.62 Å². The Morgan fingerprint density at radius 2 is 1.87 bits per heavy atom. The number of amides is 1. The molecule has 1 saturated heterocycles. The lowest BCUT2D eigenvalue weighted by Gasteiger charge is -2.26. The number of benzene rings is 2. The maximum absolute atomic E-state index is 12.9. The highest BCUT2D eigenvalue weighted by Gasteiger charge is 2.27. The van der Waals surface area contributed by atoms with Gasteiger partial charge >= 0.3 is 0 Å². The van der Waals surface area contributed by atoms with Crippen molar-refractivity contribution in [2.24, 2.45) is 0 Å². The summed E-state index contributed by atoms with van der Waals surface area (Å²) in [4.78, 5) is 12.9. The van der Waals surface area contributed by atoms with Crippen molar-refractivity contribution in [2.45, 2.75) is 43.9 Å². The van der Waals surface area contributed by atoms with Crippen LogP contribution < -0.4 is 10.1 Å². The molecule has 3 rings (SSSR count). The van der Waals surface area contributed by atoms with E-state index >= 15 is 0 Å². The molecule has 2 aromatic carbocycles. The van der Waals surface area contributed by atoms with Gasteiger partial charge in [0.05, 0.1) is 12.0 Å². The normalized spacial score (nSPS) is 15.0. The van der Waals surface area contributed by atoms with Gasteiger partial charge in [-0.3, -0.25) is 4.79 Å². The fourth-order valence-corrected chi connectivity index (χ4v) is 5.22. The van der Waals surface area contributed by atoms with Gasteiger partial charge in [-0.2, -0.15) is 4.31 Å². The Morgan fingerprint density at radius 1 is 1.10 bits per heavy atom. The molecule has 162 valence electrons. The van der Waals surface area contributed by atoms with E-state index in [4.69, 9.17) is 4.74 Å². The molecule has 0 unspecified atom stereocenters. The van der Waals surface area contributed by atoms with Gasteiger partial charge in [0.15, 0.2) is 0 Å². The van der Waals surface area contributed by atoms with Gasteiger partial charge in [0.25, 0.3) is 5.91 Å². The van der Waals surface area contributed by atoms with E-state index in [1.54, 1.807) is 19.2 Å². The van der Waals surface area contributed by atoms with Crippen LogP contribution in [0.2, 0.25) is 0 Å². The van der Waals surface area contributed by atoms with E-state index in [2.05, 4.69) is 5.32 Å². The number of carbonyl (C=O) groups is 1. The maximum atomic E-state index is 12.9. The minimum absolute atomic E-state index is 0.191. The van der Waals surface area contributed by atoms with Gasteiger partial charge in [0, 0.05) is 25.2 Å². The fraction of sp³-hybridized carbons (Fsp3) is 0.435. The van der Waals surface area contributed by atoms with Crippen LogP contribution in [-0.4, -0.2) is 45.4 Å². The zero-order valence-electron chi connectivity index (χ0n) is 17.7. The number of nitrogens with one attached hydrogen (secondary N) is 1. The first-order valence-corrected chi connectivity index (χ1v) is 11.9. The van der Waals surface area contributed by atoms with Crippen molar-refractivity contribution in [3.8, 4) is 5.75 Å². The van der Waals surface area contributed by atoms with Crippen LogP contribution in [0, 0.1) is 6.92 Å². The first-order chi connectivity index (χ1) is 14.4. The Morgan fingerprint density at radius 3 is 2.60 bits per heavy atom. The summed E-state index contributed by atoms with van der Waals surface area (Å²) < 4.78 is 32.6. The van der Waals surface area contributed by atoms with E-state index in [0.717, 1.165) is 49.0 Å². The number of aryl methyl sites for hydroxylation is 2. The third-order valence-corrected chi connectivity index (χ3v) is 7.36. The van der Waals surface area contributed by atoms with Gasteiger partial charge in [0.1, 0.15) is 5.75 Å². The molecule has 0 aliphatic carbocycles. The van der Waals surface area contributed by atoms with Crippen molar-refractivity contribution < 1.29 is 17.9 Å². The monoisotopic (exact) mass is 430 g/mol. The van der Waals surface area contributed by atoms with Gasteiger partial charge in [0.2, 0.25) is 10.0 Å². The van der Waals surface area contributed by atoms with Crippen molar-refractivity contribution in [3.63, 3.8) is 0 Å². The van der Waals surface area contributed by atoms with Crippen molar-refractivity contribution in [3.05, 3.63) is 59.2 Å². The summed E-state index contributed by atoms with van der Waals surface area (Å²) in [5.74, 6) is 0.577. The maximum Gasteiger partial charge on any atom is 0.251 e. The molecule has 6 nitrogen and oxygen atoms in total. The predicted octanol–water partition coefficient (Wildman–Crippen LogP) is 3.54. The number of methoxy groups -OCH3 is 1. The summed E-state index contributed by atoms with van der Waals surface area (Å²) in [5, 5.41) is 2.92. The summed E-state index contributed by atoms with van der Waals surface area (Å²) in [6.45, 7) is 3.42. The summed E-state index contributed by atoms with van der Waals surface area (Å²) in [7, 11) is -1.92. The molecule has 0 bridgehead atoms. The van der Waals surface area contributed by atoms with Crippen molar-refractivity contribution >= 4 is 15.9 Å². The molecule has 1 fully saturated rings. The Hall–Kier alpha value is -2.38. The third-order valence-electron chi connectivity index (χ3n) is 5.47. The number of hydrogen-bond acceptors (Lipinski definition) is 4. The molecular formula is C23H30N2O4S. The number of piperidine rings is 1. The Kier molecular flexibility index (Phi) is 7.50. The summed E-state index contributed by atoms with van der Waals surface area (Å²) >= 11 is 0. The zero-order chi connectivity index (χ0) is 21.6. The molecule has 0 atom stereocenters. The van der Waals surface area contributed by atoms with Crippen LogP contribution in [0.1, 0.15) is 47.2 Å². The lowest BCUT2D eigenvalue weighted by atomic mass is 10.1. The van der Waals surface area contributed by atoms with E-state index in [-0.39, 0.29) is 10.8 Å². The van der Waals surface area contributed by atoms with Gasteiger partial charge in [-0.25, -0.2) is 8.42 Å². The quantitative estimate of drug-likeness (QED) is 0.650. The first kappa shape index (κ1) is 22.3. The summed E-state index contributed by atoms with van der Waals surface area (Å²) in [6, 6.07) is 12.7. The van der Waals surface area contributed by atoms with Gasteiger partial charge < -0.3 is 10.1 Å². The molecule has 1 aliphatic heterocycles. The molecule has 1 N–H and O–H groups in total. The standard InChI is InChI=1S/C23H30N2O4S/c1-18-11-12-21(30(27,28)25-14-4-3-5-15-25)17-22(18)23(26)24-13-7-9-19-8-6-10-20(16-19)29-2/h6,8,10-12,16-17H,3-5,7,9,13-15H2,1-2H3,(H,24,26). The first-order valence-electron chi connectivity index (χ1n) is 10.4. The molecule has 0 saturated carbocycles. The van der Waals surface area contributed by atoms with Gasteiger partial charge in [-0.05, 0) is 68.0 Å². The number of hydrogen-bond donors (Lipinski definition) is 1. The van der Waals surface area contributed by atoms with E-state index in [9.17, 15) is 13.2 Å². The second-order valence-corrected chi connectivity index (χ2v) is 9.59. The Bertz CT molecular complexity index is 982. The number of ether oxygens (including phenoxy) is 1. The minimum atomic E-state index is -3.56. The largest absolute Gasteiger partial charge is 0.497 e. The van der Waals surface area contributed by atoms with Crippen LogP contribution in [-0.2, 0) is 16.4 Å². The number of sulfonamides is 1. The SMILES string of the molecule is COc1cccc(CCCNC(=O)c2cc(S(=O)(=O)N3CCCCC3)ccc2C)c1. The average molecular weight is 431 g/mol. The van der Waals surface area contributed by atoms with E-state index in [0.29, 0.717) is 25.2 Å². The average Bonchev–Trinajstić information content (AvgIpc) is 2.77. The van der Waals surface area contributed by atoms with Crippen LogP contribution in [0.3, 0.4) is 0 Å². The number of nitrogens with zero attached hydrogens (tertiary/aromatic N) is 1. The molecule has 7 heteroatoms. The molecular weight excluding hydrogens is 400 g/mol. The lowest BCUT2D eigenvalue weighted by Crippen LogP contribution is -2.35. The predicted molar refractivity (Wildman–Crippen MR) is 117 cm³/mol. The topological polar surface area (TPSA) is 75.7 Å². The van der Waals surface area contributed by atoms with Crippen LogP contribution in [0.15, 0.2) is 47.4 Å².